The minimum atomic E-state index is -0.665. The van der Waals surface area contributed by atoms with Crippen LogP contribution in [0.25, 0.3) is 0 Å². The zero-order chi connectivity index (χ0) is 12.7. The summed E-state index contributed by atoms with van der Waals surface area (Å²) in [5.74, 6) is 0. The van der Waals surface area contributed by atoms with Gasteiger partial charge in [0.25, 0.3) is 0 Å². The van der Waals surface area contributed by atoms with Crippen molar-refractivity contribution in [3.63, 3.8) is 0 Å². The molecule has 6 nitrogen and oxygen atoms in total. The van der Waals surface area contributed by atoms with E-state index >= 15 is 0 Å². The summed E-state index contributed by atoms with van der Waals surface area (Å²) in [6.45, 7) is 5.99. The molecule has 0 saturated heterocycles. The smallest absolute Gasteiger partial charge is 0.377 e. The van der Waals surface area contributed by atoms with E-state index in [4.69, 9.17) is 5.21 Å². The second-order valence-corrected chi connectivity index (χ2v) is 3.49. The van der Waals surface area contributed by atoms with Crippen molar-refractivity contribution < 1.29 is 10.2 Å². The lowest BCUT2D eigenvalue weighted by Crippen LogP contribution is -2.41. The van der Waals surface area contributed by atoms with E-state index in [0.29, 0.717) is 18.0 Å². The summed E-state index contributed by atoms with van der Waals surface area (Å²) in [4.78, 5) is 9.61. The molecule has 0 aliphatic rings. The Balaban J connectivity index is 2.79. The van der Waals surface area contributed by atoms with Crippen molar-refractivity contribution in [1.29, 1.82) is 0 Å². The van der Waals surface area contributed by atoms with Gasteiger partial charge in [-0.05, 0) is 6.82 Å². The van der Waals surface area contributed by atoms with E-state index < -0.39 is 7.05 Å². The van der Waals surface area contributed by atoms with Gasteiger partial charge < -0.3 is 15.0 Å². The van der Waals surface area contributed by atoms with Crippen molar-refractivity contribution >= 4 is 12.8 Å². The Morgan fingerprint density at radius 1 is 1.65 bits per heavy atom. The molecule has 0 fully saturated rings. The Morgan fingerprint density at radius 3 is 2.88 bits per heavy atom. The third kappa shape index (κ3) is 3.97. The van der Waals surface area contributed by atoms with Crippen LogP contribution in [0.4, 0.5) is 0 Å². The molecule has 0 atom stereocenters. The molecule has 1 aromatic heterocycles. The molecule has 0 aliphatic heterocycles. The lowest BCUT2D eigenvalue weighted by Gasteiger charge is -2.21. The van der Waals surface area contributed by atoms with Gasteiger partial charge in [0.2, 0.25) is 0 Å². The molecule has 17 heavy (non-hydrogen) atoms. The number of aromatic nitrogens is 2. The highest BCUT2D eigenvalue weighted by Gasteiger charge is 2.18. The average molecular weight is 234 g/mol. The number of nitrogens with zero attached hydrogens (tertiary/aromatic N) is 4. The van der Waals surface area contributed by atoms with Crippen molar-refractivity contribution in [2.45, 2.75) is 6.82 Å². The van der Waals surface area contributed by atoms with E-state index in [-0.39, 0.29) is 6.54 Å². The van der Waals surface area contributed by atoms with Gasteiger partial charge in [0.15, 0.2) is 0 Å². The highest BCUT2D eigenvalue weighted by atomic mass is 16.4. The fourth-order valence-electron chi connectivity index (χ4n) is 1.32. The molecule has 0 saturated carbocycles. The van der Waals surface area contributed by atoms with E-state index in [9.17, 15) is 5.02 Å². The topological polar surface area (TPSA) is 81.8 Å². The standard InChI is InChI=1S/C10H15BN4O2/c1-3-6-15(11(2)16)8-10(14-17)9-7-12-4-5-13-9/h3-5,7,16-17H,1,6,8H2,2H3/b14-10-. The minimum absolute atomic E-state index is 0.263. The van der Waals surface area contributed by atoms with Crippen molar-refractivity contribution in [3.8, 4) is 0 Å². The second-order valence-electron chi connectivity index (χ2n) is 3.49. The summed E-state index contributed by atoms with van der Waals surface area (Å²) in [6.07, 6.45) is 6.22. The number of hydrogen-bond donors (Lipinski definition) is 2. The molecule has 1 aromatic rings. The molecule has 1 rings (SSSR count). The van der Waals surface area contributed by atoms with Gasteiger partial charge in [0.1, 0.15) is 11.4 Å². The van der Waals surface area contributed by atoms with E-state index in [2.05, 4.69) is 21.7 Å². The predicted octanol–water partition coefficient (Wildman–Crippen LogP) is 0.253. The Morgan fingerprint density at radius 2 is 2.41 bits per heavy atom. The van der Waals surface area contributed by atoms with Gasteiger partial charge >= 0.3 is 7.05 Å². The van der Waals surface area contributed by atoms with Crippen LogP contribution in [-0.2, 0) is 0 Å². The van der Waals surface area contributed by atoms with E-state index in [1.165, 1.54) is 18.6 Å². The monoisotopic (exact) mass is 234 g/mol. The van der Waals surface area contributed by atoms with Crippen LogP contribution in [0.1, 0.15) is 5.69 Å². The first kappa shape index (κ1) is 13.3. The molecule has 1 heterocycles. The van der Waals surface area contributed by atoms with Gasteiger partial charge in [-0.3, -0.25) is 9.97 Å². The fraction of sp³-hybridized carbons (Fsp3) is 0.300. The SMILES string of the molecule is C=CCN(C/C(=N/O)c1cnccn1)B(C)O. The first-order valence-corrected chi connectivity index (χ1v) is 5.19. The molecule has 7 heteroatoms. The largest absolute Gasteiger partial charge is 0.437 e. The van der Waals surface area contributed by atoms with Gasteiger partial charge in [-0.25, -0.2) is 0 Å². The Kier molecular flexibility index (Phi) is 5.31. The molecular formula is C10H15BN4O2. The van der Waals surface area contributed by atoms with Crippen LogP contribution in [0, 0.1) is 0 Å². The molecule has 0 aromatic carbocycles. The van der Waals surface area contributed by atoms with Crippen LogP contribution in [0.2, 0.25) is 6.82 Å². The van der Waals surface area contributed by atoms with E-state index in [1.54, 1.807) is 17.7 Å². The highest BCUT2D eigenvalue weighted by molar-refractivity contribution is 6.45. The van der Waals surface area contributed by atoms with Crippen LogP contribution in [-0.4, -0.2) is 50.9 Å². The number of hydrogen-bond acceptors (Lipinski definition) is 6. The quantitative estimate of drug-likeness (QED) is 0.242. The maximum Gasteiger partial charge on any atom is 0.377 e. The van der Waals surface area contributed by atoms with E-state index in [0.717, 1.165) is 0 Å². The normalized spacial score (nSPS) is 11.6. The van der Waals surface area contributed by atoms with Crippen LogP contribution in [0.5, 0.6) is 0 Å². The third-order valence-electron chi connectivity index (χ3n) is 2.22. The zero-order valence-corrected chi connectivity index (χ0v) is 9.69. The summed E-state index contributed by atoms with van der Waals surface area (Å²) < 4.78 is 0. The van der Waals surface area contributed by atoms with Crippen molar-refractivity contribution in [2.24, 2.45) is 5.16 Å². The maximum atomic E-state index is 9.54. The zero-order valence-electron chi connectivity index (χ0n) is 9.69. The summed E-state index contributed by atoms with van der Waals surface area (Å²) in [5.41, 5.74) is 0.825. The molecule has 0 bridgehead atoms. The first-order chi connectivity index (χ1) is 8.19. The predicted molar refractivity (Wildman–Crippen MR) is 66.0 cm³/mol. The third-order valence-corrected chi connectivity index (χ3v) is 2.22. The van der Waals surface area contributed by atoms with Crippen LogP contribution in [0.3, 0.4) is 0 Å². The molecule has 0 amide bonds. The van der Waals surface area contributed by atoms with Gasteiger partial charge in [-0.15, -0.1) is 6.58 Å². The molecule has 0 spiro atoms. The number of rotatable bonds is 6. The van der Waals surface area contributed by atoms with Gasteiger partial charge in [-0.1, -0.05) is 11.2 Å². The van der Waals surface area contributed by atoms with Gasteiger partial charge in [0.05, 0.1) is 6.20 Å². The minimum Gasteiger partial charge on any atom is -0.437 e. The average Bonchev–Trinajstić information content (AvgIpc) is 2.35. The van der Waals surface area contributed by atoms with Gasteiger partial charge in [-0.2, -0.15) is 0 Å². The molecule has 0 radical (unpaired) electrons. The molecular weight excluding hydrogens is 219 g/mol. The molecule has 2 N–H and O–H groups in total. The molecule has 0 aliphatic carbocycles. The Bertz CT molecular complexity index is 383. The van der Waals surface area contributed by atoms with Crippen LogP contribution >= 0.6 is 0 Å². The number of oxime groups is 1. The van der Waals surface area contributed by atoms with Crippen molar-refractivity contribution in [1.82, 2.24) is 14.8 Å². The maximum absolute atomic E-state index is 9.54. The Hall–Kier alpha value is -1.73. The first-order valence-electron chi connectivity index (χ1n) is 5.19. The van der Waals surface area contributed by atoms with Crippen molar-refractivity contribution in [3.05, 3.63) is 36.9 Å². The van der Waals surface area contributed by atoms with Crippen LogP contribution < -0.4 is 0 Å². The lowest BCUT2D eigenvalue weighted by atomic mass is 9.84. The Labute approximate surface area is 100 Å². The highest BCUT2D eigenvalue weighted by Crippen LogP contribution is 2.00. The lowest BCUT2D eigenvalue weighted by molar-refractivity contribution is 0.315. The summed E-state index contributed by atoms with van der Waals surface area (Å²) in [6, 6.07) is 0. The summed E-state index contributed by atoms with van der Waals surface area (Å²) in [5, 5.41) is 21.7. The molecule has 90 valence electrons. The summed E-state index contributed by atoms with van der Waals surface area (Å²) in [7, 11) is -0.665. The second kappa shape index (κ2) is 6.77. The molecule has 0 unspecified atom stereocenters. The van der Waals surface area contributed by atoms with Gasteiger partial charge in [0, 0.05) is 25.5 Å². The van der Waals surface area contributed by atoms with Crippen molar-refractivity contribution in [2.75, 3.05) is 13.1 Å². The summed E-state index contributed by atoms with van der Waals surface area (Å²) >= 11 is 0. The fourth-order valence-corrected chi connectivity index (χ4v) is 1.32. The van der Waals surface area contributed by atoms with E-state index in [1.807, 2.05) is 0 Å². The van der Waals surface area contributed by atoms with Crippen LogP contribution in [0.15, 0.2) is 36.4 Å².